The zero-order valence-corrected chi connectivity index (χ0v) is 16.5. The summed E-state index contributed by atoms with van der Waals surface area (Å²) in [6, 6.07) is 0.539. The fourth-order valence-corrected chi connectivity index (χ4v) is 4.00. The lowest BCUT2D eigenvalue weighted by Crippen LogP contribution is -2.48. The van der Waals surface area contributed by atoms with Gasteiger partial charge in [-0.05, 0) is 38.6 Å². The van der Waals surface area contributed by atoms with Crippen LogP contribution in [0.4, 0.5) is 0 Å². The summed E-state index contributed by atoms with van der Waals surface area (Å²) in [4.78, 5) is 12.7. The molecule has 2 rings (SSSR count). The summed E-state index contributed by atoms with van der Waals surface area (Å²) in [6.07, 6.45) is 6.71. The Hall–Kier alpha value is -1.14. The van der Waals surface area contributed by atoms with Crippen molar-refractivity contribution >= 4 is 17.3 Å². The molecular formula is C18H33N5S. The lowest BCUT2D eigenvalue weighted by molar-refractivity contribution is 0.139. The second kappa shape index (κ2) is 9.99. The number of nitrogens with one attached hydrogen (secondary N) is 2. The molecule has 136 valence electrons. The zero-order valence-electron chi connectivity index (χ0n) is 15.6. The van der Waals surface area contributed by atoms with Crippen LogP contribution < -0.4 is 10.6 Å². The van der Waals surface area contributed by atoms with Crippen molar-refractivity contribution in [2.75, 3.05) is 33.2 Å². The van der Waals surface area contributed by atoms with Crippen LogP contribution in [0.1, 0.15) is 43.5 Å². The first-order valence-corrected chi connectivity index (χ1v) is 10.1. The van der Waals surface area contributed by atoms with Gasteiger partial charge in [-0.3, -0.25) is 9.89 Å². The lowest BCUT2D eigenvalue weighted by Gasteiger charge is -2.35. The molecule has 2 N–H and O–H groups in total. The first kappa shape index (κ1) is 19.2. The van der Waals surface area contributed by atoms with E-state index in [1.807, 2.05) is 24.6 Å². The minimum absolute atomic E-state index is 0.539. The van der Waals surface area contributed by atoms with E-state index in [2.05, 4.69) is 46.3 Å². The lowest BCUT2D eigenvalue weighted by atomic mass is 9.99. The minimum Gasteiger partial charge on any atom is -0.356 e. The molecule has 0 amide bonds. The van der Waals surface area contributed by atoms with Crippen molar-refractivity contribution in [3.63, 3.8) is 0 Å². The Bertz CT molecular complexity index is 513. The average molecular weight is 352 g/mol. The third kappa shape index (κ3) is 6.06. The SMILES string of the molecule is CCc1cnc(CCNC(=NC)NCC(C)N2CCCC(C)C2)s1. The van der Waals surface area contributed by atoms with Crippen molar-refractivity contribution in [2.24, 2.45) is 10.9 Å². The van der Waals surface area contributed by atoms with Crippen LogP contribution in [0.25, 0.3) is 0 Å². The van der Waals surface area contributed by atoms with Gasteiger partial charge < -0.3 is 10.6 Å². The van der Waals surface area contributed by atoms with Crippen LogP contribution in [0.5, 0.6) is 0 Å². The molecule has 1 saturated heterocycles. The molecule has 0 bridgehead atoms. The van der Waals surface area contributed by atoms with Crippen LogP contribution in [0.3, 0.4) is 0 Å². The molecule has 0 aliphatic carbocycles. The van der Waals surface area contributed by atoms with Gasteiger partial charge in [-0.15, -0.1) is 11.3 Å². The maximum atomic E-state index is 4.46. The third-order valence-corrected chi connectivity index (χ3v) is 5.88. The smallest absolute Gasteiger partial charge is 0.191 e. The number of rotatable bonds is 7. The van der Waals surface area contributed by atoms with Crippen molar-refractivity contribution in [1.29, 1.82) is 0 Å². The Balaban J connectivity index is 1.68. The molecule has 6 heteroatoms. The van der Waals surface area contributed by atoms with Gasteiger partial charge in [0, 0.05) is 50.2 Å². The number of aliphatic imine (C=N–C) groups is 1. The van der Waals surface area contributed by atoms with E-state index in [1.165, 1.54) is 35.8 Å². The van der Waals surface area contributed by atoms with Gasteiger partial charge in [0.05, 0.1) is 5.01 Å². The van der Waals surface area contributed by atoms with Crippen LogP contribution in [0, 0.1) is 5.92 Å². The predicted molar refractivity (Wildman–Crippen MR) is 104 cm³/mol. The summed E-state index contributed by atoms with van der Waals surface area (Å²) < 4.78 is 0. The molecule has 0 aromatic carbocycles. The van der Waals surface area contributed by atoms with Crippen LogP contribution in [-0.4, -0.2) is 55.1 Å². The highest BCUT2D eigenvalue weighted by molar-refractivity contribution is 7.11. The van der Waals surface area contributed by atoms with Gasteiger partial charge in [-0.25, -0.2) is 4.98 Å². The van der Waals surface area contributed by atoms with E-state index in [-0.39, 0.29) is 0 Å². The van der Waals surface area contributed by atoms with E-state index in [0.29, 0.717) is 6.04 Å². The van der Waals surface area contributed by atoms with Gasteiger partial charge in [0.15, 0.2) is 5.96 Å². The molecule has 0 saturated carbocycles. The Morgan fingerprint density at radius 2 is 2.33 bits per heavy atom. The van der Waals surface area contributed by atoms with Crippen molar-refractivity contribution in [3.8, 4) is 0 Å². The molecule has 5 nitrogen and oxygen atoms in total. The second-order valence-electron chi connectivity index (χ2n) is 6.80. The van der Waals surface area contributed by atoms with E-state index in [1.54, 1.807) is 0 Å². The normalized spacial score (nSPS) is 20.8. The van der Waals surface area contributed by atoms with Crippen molar-refractivity contribution in [2.45, 2.75) is 52.5 Å². The van der Waals surface area contributed by atoms with Crippen LogP contribution in [0.2, 0.25) is 0 Å². The van der Waals surface area contributed by atoms with Gasteiger partial charge >= 0.3 is 0 Å². The minimum atomic E-state index is 0.539. The molecule has 1 aromatic heterocycles. The van der Waals surface area contributed by atoms with Crippen LogP contribution in [-0.2, 0) is 12.8 Å². The summed E-state index contributed by atoms with van der Waals surface area (Å²) in [6.45, 7) is 11.1. The van der Waals surface area contributed by atoms with Gasteiger partial charge in [-0.1, -0.05) is 13.8 Å². The van der Waals surface area contributed by atoms with Crippen molar-refractivity contribution in [1.82, 2.24) is 20.5 Å². The summed E-state index contributed by atoms with van der Waals surface area (Å²) in [7, 11) is 1.83. The molecule has 0 radical (unpaired) electrons. The number of hydrogen-bond acceptors (Lipinski definition) is 4. The molecule has 1 aromatic rings. The highest BCUT2D eigenvalue weighted by Crippen LogP contribution is 2.17. The average Bonchev–Trinajstić information content (AvgIpc) is 3.05. The topological polar surface area (TPSA) is 52.6 Å². The molecule has 0 spiro atoms. The van der Waals surface area contributed by atoms with E-state index >= 15 is 0 Å². The highest BCUT2D eigenvalue weighted by Gasteiger charge is 2.20. The number of nitrogens with zero attached hydrogens (tertiary/aromatic N) is 3. The van der Waals surface area contributed by atoms with Crippen molar-refractivity contribution in [3.05, 3.63) is 16.1 Å². The third-order valence-electron chi connectivity index (χ3n) is 4.68. The molecule has 2 heterocycles. The Labute approximate surface area is 151 Å². The maximum Gasteiger partial charge on any atom is 0.191 e. The number of likely N-dealkylation sites (tertiary alicyclic amines) is 1. The summed E-state index contributed by atoms with van der Waals surface area (Å²) in [5, 5.41) is 8.06. The Morgan fingerprint density at radius 1 is 1.50 bits per heavy atom. The van der Waals surface area contributed by atoms with Crippen LogP contribution >= 0.6 is 11.3 Å². The molecule has 24 heavy (non-hydrogen) atoms. The number of aromatic nitrogens is 1. The quantitative estimate of drug-likeness (QED) is 0.585. The van der Waals surface area contributed by atoms with Crippen molar-refractivity contribution < 1.29 is 0 Å². The molecular weight excluding hydrogens is 318 g/mol. The van der Waals surface area contributed by atoms with Gasteiger partial charge in [0.2, 0.25) is 0 Å². The molecule has 1 fully saturated rings. The summed E-state index contributed by atoms with van der Waals surface area (Å²) in [5.74, 6) is 1.71. The molecule has 1 aliphatic rings. The van der Waals surface area contributed by atoms with Gasteiger partial charge in [0.1, 0.15) is 0 Å². The molecule has 2 atom stereocenters. The van der Waals surface area contributed by atoms with Gasteiger partial charge in [0.25, 0.3) is 0 Å². The summed E-state index contributed by atoms with van der Waals surface area (Å²) >= 11 is 1.81. The number of hydrogen-bond donors (Lipinski definition) is 2. The number of thiazole rings is 1. The van der Waals surface area contributed by atoms with E-state index < -0.39 is 0 Å². The maximum absolute atomic E-state index is 4.46. The van der Waals surface area contributed by atoms with E-state index in [0.717, 1.165) is 37.8 Å². The molecule has 1 aliphatic heterocycles. The second-order valence-corrected chi connectivity index (χ2v) is 7.99. The highest BCUT2D eigenvalue weighted by atomic mass is 32.1. The van der Waals surface area contributed by atoms with Crippen LogP contribution in [0.15, 0.2) is 11.2 Å². The Morgan fingerprint density at radius 3 is 3.00 bits per heavy atom. The zero-order chi connectivity index (χ0) is 17.4. The van der Waals surface area contributed by atoms with E-state index in [9.17, 15) is 0 Å². The predicted octanol–water partition coefficient (Wildman–Crippen LogP) is 2.53. The summed E-state index contributed by atoms with van der Waals surface area (Å²) in [5.41, 5.74) is 0. The first-order valence-electron chi connectivity index (χ1n) is 9.24. The largest absolute Gasteiger partial charge is 0.356 e. The molecule has 2 unspecified atom stereocenters. The number of aryl methyl sites for hydroxylation is 1. The monoisotopic (exact) mass is 351 g/mol. The Kier molecular flexibility index (Phi) is 7.99. The number of guanidine groups is 1. The van der Waals surface area contributed by atoms with E-state index in [4.69, 9.17) is 0 Å². The fourth-order valence-electron chi connectivity index (χ4n) is 3.14. The number of piperidine rings is 1. The standard InChI is InChI=1S/C18H33N5S/c1-5-16-12-21-17(24-16)8-9-20-18(19-4)22-11-15(3)23-10-6-7-14(2)13-23/h12,14-15H,5-11,13H2,1-4H3,(H2,19,20,22). The van der Waals surface area contributed by atoms with Gasteiger partial charge in [-0.2, -0.15) is 0 Å². The first-order chi connectivity index (χ1) is 11.6. The fraction of sp³-hybridized carbons (Fsp3) is 0.778.